The number of nitrogens with zero attached hydrogens (tertiary/aromatic N) is 2. The van der Waals surface area contributed by atoms with Crippen molar-refractivity contribution in [2.75, 3.05) is 18.0 Å². The Labute approximate surface area is 577 Å². The largest absolute Gasteiger partial charge is 0.455 e. The van der Waals surface area contributed by atoms with Crippen molar-refractivity contribution in [2.24, 2.45) is 0 Å². The summed E-state index contributed by atoms with van der Waals surface area (Å²) in [5, 5.41) is 5.37. The van der Waals surface area contributed by atoms with Gasteiger partial charge in [0.25, 0.3) is 0 Å². The molecule has 2 aliphatic heterocycles. The molecule has 0 bridgehead atoms. The minimum Gasteiger partial charge on any atom is -0.455 e. The van der Waals surface area contributed by atoms with Crippen LogP contribution in [0.3, 0.4) is 0 Å². The first-order valence-corrected chi connectivity index (χ1v) is 38.9. The zero-order chi connectivity index (χ0) is 65.9. The van der Waals surface area contributed by atoms with Gasteiger partial charge < -0.3 is 9.64 Å². The molecule has 3 nitrogen and oxygen atoms in total. The van der Waals surface area contributed by atoms with Crippen molar-refractivity contribution in [3.8, 4) is 28.0 Å². The van der Waals surface area contributed by atoms with Gasteiger partial charge in [0.2, 0.25) is 5.69 Å². The van der Waals surface area contributed by atoms with Crippen molar-refractivity contribution in [2.45, 2.75) is 277 Å². The molecule has 504 valence electrons. The fourth-order valence-electron chi connectivity index (χ4n) is 16.3. The predicted octanol–water partition coefficient (Wildman–Crippen LogP) is 27.9. The fraction of sp³-hybridized carbons (Fsp3) is 0.489. The minimum atomic E-state index is -0.218. The Hall–Kier alpha value is -6.71. The van der Waals surface area contributed by atoms with Crippen molar-refractivity contribution < 1.29 is 9.31 Å². The number of para-hydroxylation sites is 1. The molecule has 0 saturated carbocycles. The molecule has 0 amide bonds. The van der Waals surface area contributed by atoms with Gasteiger partial charge in [0.05, 0.1) is 5.41 Å². The van der Waals surface area contributed by atoms with Crippen molar-refractivity contribution in [3.63, 3.8) is 0 Å². The third kappa shape index (κ3) is 18.9. The number of rotatable bonds is 41. The molecule has 7 aromatic carbocycles. The van der Waals surface area contributed by atoms with E-state index in [4.69, 9.17) is 4.74 Å². The van der Waals surface area contributed by atoms with Crippen LogP contribution in [0.1, 0.15) is 277 Å². The third-order valence-corrected chi connectivity index (χ3v) is 21.7. The van der Waals surface area contributed by atoms with Crippen molar-refractivity contribution in [1.29, 1.82) is 0 Å². The molecule has 0 atom stereocenters. The molecule has 2 heterocycles. The molecule has 0 unspecified atom stereocenters. The Morgan fingerprint density at radius 2 is 0.863 bits per heavy atom. The first-order chi connectivity index (χ1) is 46.7. The topological polar surface area (TPSA) is 15.5 Å². The fourth-order valence-corrected chi connectivity index (χ4v) is 16.3. The number of anilines is 1. The normalized spacial score (nSPS) is 16.0. The molecule has 0 spiro atoms. The van der Waals surface area contributed by atoms with Gasteiger partial charge in [-0.2, -0.15) is 4.58 Å². The van der Waals surface area contributed by atoms with Gasteiger partial charge in [-0.05, 0) is 120 Å². The van der Waals surface area contributed by atoms with Gasteiger partial charge in [0.1, 0.15) is 18.1 Å². The van der Waals surface area contributed by atoms with E-state index >= 15 is 0 Å². The molecule has 95 heavy (non-hydrogen) atoms. The zero-order valence-corrected chi connectivity index (χ0v) is 60.2. The van der Waals surface area contributed by atoms with E-state index in [9.17, 15) is 0 Å². The standard InChI is InChI=1S/C92H121N2O/c1-7-9-11-13-15-17-19-21-23-25-27-29-31-33-35-47-71-93-83-67-63-75-55-43-45-59-79(75)87(83)91(3,4)85(93)69-65-77-57-49-58-78(89(77)95-90-81(73-51-39-37-40-52-73)61-50-62-82(90)74-53-41-38-42-54-74)66-70-86-92(5,6)88-80-60-46-44-56-76(80)64-68-84(88)94(86)72-48-36-34-32-30-28-26-24-22-20-18-16-14-12-10-8-2/h37-46,50-56,59-70H,7-36,47-49,57-58,71-72H2,1-6H3/q+1. The monoisotopic (exact) mass is 1270 g/mol. The summed E-state index contributed by atoms with van der Waals surface area (Å²) in [5.41, 5.74) is 15.0. The Morgan fingerprint density at radius 3 is 1.38 bits per heavy atom. The summed E-state index contributed by atoms with van der Waals surface area (Å²) in [5.74, 6) is 1.91. The van der Waals surface area contributed by atoms with Crippen LogP contribution < -0.4 is 9.64 Å². The summed E-state index contributed by atoms with van der Waals surface area (Å²) in [6, 6.07) is 56.3. The Morgan fingerprint density at radius 1 is 0.411 bits per heavy atom. The van der Waals surface area contributed by atoms with E-state index in [1.54, 1.807) is 0 Å². The van der Waals surface area contributed by atoms with E-state index in [1.165, 1.54) is 272 Å². The maximum Gasteiger partial charge on any atom is 0.210 e. The maximum atomic E-state index is 7.90. The number of hydrogen-bond donors (Lipinski definition) is 0. The molecule has 3 heteroatoms. The molecule has 10 rings (SSSR count). The summed E-state index contributed by atoms with van der Waals surface area (Å²) < 4.78 is 10.6. The lowest BCUT2D eigenvalue weighted by molar-refractivity contribution is -0.438. The lowest BCUT2D eigenvalue weighted by Crippen LogP contribution is -2.28. The second kappa shape index (κ2) is 37.1. The number of allylic oxidation sites excluding steroid dienone is 7. The quantitative estimate of drug-likeness (QED) is 0.0280. The van der Waals surface area contributed by atoms with E-state index < -0.39 is 0 Å². The van der Waals surface area contributed by atoms with Crippen LogP contribution in [0, 0.1) is 0 Å². The number of fused-ring (bicyclic) bond motifs is 6. The summed E-state index contributed by atoms with van der Waals surface area (Å²) in [7, 11) is 0. The van der Waals surface area contributed by atoms with Crippen LogP contribution in [0.2, 0.25) is 0 Å². The van der Waals surface area contributed by atoms with E-state index in [1.807, 2.05) is 0 Å². The zero-order valence-electron chi connectivity index (χ0n) is 60.2. The van der Waals surface area contributed by atoms with Gasteiger partial charge in [0, 0.05) is 58.6 Å². The first kappa shape index (κ1) is 71.1. The van der Waals surface area contributed by atoms with Crippen LogP contribution in [-0.4, -0.2) is 23.4 Å². The van der Waals surface area contributed by atoms with Gasteiger partial charge in [0.15, 0.2) is 5.71 Å². The van der Waals surface area contributed by atoms with Gasteiger partial charge in [-0.1, -0.05) is 353 Å². The third-order valence-electron chi connectivity index (χ3n) is 21.7. The highest BCUT2D eigenvalue weighted by atomic mass is 16.5. The van der Waals surface area contributed by atoms with Crippen LogP contribution in [0.4, 0.5) is 11.4 Å². The van der Waals surface area contributed by atoms with Gasteiger partial charge in [-0.3, -0.25) is 0 Å². The second-order valence-electron chi connectivity index (χ2n) is 29.7. The number of ether oxygens (including phenoxy) is 1. The highest BCUT2D eigenvalue weighted by Gasteiger charge is 2.46. The van der Waals surface area contributed by atoms with Crippen LogP contribution in [0.15, 0.2) is 199 Å². The molecule has 3 aliphatic rings. The molecule has 0 radical (unpaired) electrons. The lowest BCUT2D eigenvalue weighted by atomic mass is 9.78. The maximum absolute atomic E-state index is 7.90. The van der Waals surface area contributed by atoms with Gasteiger partial charge in [-0.15, -0.1) is 0 Å². The molecule has 7 aromatic rings. The predicted molar refractivity (Wildman–Crippen MR) is 414 cm³/mol. The number of benzene rings is 7. The van der Waals surface area contributed by atoms with Crippen molar-refractivity contribution in [3.05, 3.63) is 210 Å². The smallest absolute Gasteiger partial charge is 0.210 e. The second-order valence-corrected chi connectivity index (χ2v) is 29.7. The van der Waals surface area contributed by atoms with Crippen molar-refractivity contribution in [1.82, 2.24) is 0 Å². The van der Waals surface area contributed by atoms with Crippen LogP contribution in [0.25, 0.3) is 43.8 Å². The van der Waals surface area contributed by atoms with Crippen LogP contribution in [-0.2, 0) is 10.8 Å². The lowest BCUT2D eigenvalue weighted by Gasteiger charge is -2.28. The minimum absolute atomic E-state index is 0.218. The summed E-state index contributed by atoms with van der Waals surface area (Å²) in [6.45, 7) is 16.6. The van der Waals surface area contributed by atoms with E-state index in [2.05, 4.69) is 227 Å². The van der Waals surface area contributed by atoms with Crippen LogP contribution in [0.5, 0.6) is 5.75 Å². The van der Waals surface area contributed by atoms with E-state index in [0.29, 0.717) is 0 Å². The highest BCUT2D eigenvalue weighted by molar-refractivity contribution is 6.08. The molecule has 0 N–H and O–H groups in total. The van der Waals surface area contributed by atoms with Gasteiger partial charge in [-0.25, -0.2) is 0 Å². The molecule has 0 aromatic heterocycles. The molecule has 1 aliphatic carbocycles. The number of unbranched alkanes of at least 4 members (excludes halogenated alkanes) is 30. The van der Waals surface area contributed by atoms with E-state index in [-0.39, 0.29) is 10.8 Å². The Balaban J connectivity index is 0.940. The average molecular weight is 1270 g/mol. The Kier molecular flexibility index (Phi) is 27.8. The SMILES string of the molecule is CCCCCCCCCCCCCCCCCCN1/C(=C/C=C2\CCCC(/C=C/C3=[N+](CCCCCCCCCCCCCCCCCC)c4ccc5ccccc5c4C3(C)C)=C2Oc2c(-c3ccccc3)cccc2-c2ccccc2)C(C)(C)c2c1ccc1ccccc21. The average Bonchev–Trinajstić information content (AvgIpc) is 1.59. The van der Waals surface area contributed by atoms with Crippen molar-refractivity contribution >= 4 is 38.6 Å². The van der Waals surface area contributed by atoms with Crippen LogP contribution >= 0.6 is 0 Å². The summed E-state index contributed by atoms with van der Waals surface area (Å²) in [4.78, 5) is 2.71. The molecular formula is C92H121N2O+. The molecular weight excluding hydrogens is 1150 g/mol. The Bertz CT molecular complexity index is 3600. The molecule has 0 fully saturated rings. The summed E-state index contributed by atoms with van der Waals surface area (Å²) in [6.07, 6.45) is 57.0. The highest BCUT2D eigenvalue weighted by Crippen LogP contribution is 2.52. The molecule has 0 saturated heterocycles. The van der Waals surface area contributed by atoms with E-state index in [0.717, 1.165) is 66.1 Å². The number of hydrogen-bond acceptors (Lipinski definition) is 2. The first-order valence-electron chi connectivity index (χ1n) is 38.9. The van der Waals surface area contributed by atoms with Gasteiger partial charge >= 0.3 is 0 Å². The summed E-state index contributed by atoms with van der Waals surface area (Å²) >= 11 is 0.